The highest BCUT2D eigenvalue weighted by atomic mass is 35.5. The standard InChI is InChI=1S/C24H22ClN5O5S2/c1-14-10-18(19-11-16(25)6-9-21(19)34-3)20(12-27-14)22(31)28-23-29-30-24(36-23)35-13-15-4-7-17(8-5-15)37(32,33)26-2/h4-12,26H,13H2,1-3H3,(H,28,29,31). The van der Waals surface area contributed by atoms with Gasteiger partial charge in [0, 0.05) is 28.0 Å². The number of nitrogens with zero attached hydrogens (tertiary/aromatic N) is 3. The molecule has 0 aliphatic rings. The predicted molar refractivity (Wildman–Crippen MR) is 141 cm³/mol. The van der Waals surface area contributed by atoms with Crippen LogP contribution in [0.2, 0.25) is 5.02 Å². The van der Waals surface area contributed by atoms with Gasteiger partial charge in [0.1, 0.15) is 12.4 Å². The minimum Gasteiger partial charge on any atom is -0.496 e. The topological polar surface area (TPSA) is 132 Å². The fraction of sp³-hybridized carbons (Fsp3) is 0.167. The number of methoxy groups -OCH3 is 1. The first-order valence-electron chi connectivity index (χ1n) is 10.8. The molecule has 37 heavy (non-hydrogen) atoms. The number of ether oxygens (including phenoxy) is 2. The number of sulfonamides is 1. The zero-order chi connectivity index (χ0) is 26.6. The number of rotatable bonds is 9. The number of amides is 1. The van der Waals surface area contributed by atoms with E-state index < -0.39 is 15.9 Å². The fourth-order valence-electron chi connectivity index (χ4n) is 3.37. The molecule has 4 aromatic rings. The van der Waals surface area contributed by atoms with Crippen LogP contribution in [0, 0.1) is 6.92 Å². The molecule has 2 aromatic heterocycles. The van der Waals surface area contributed by atoms with Crippen LogP contribution in [0.3, 0.4) is 0 Å². The summed E-state index contributed by atoms with van der Waals surface area (Å²) in [6.07, 6.45) is 1.48. The van der Waals surface area contributed by atoms with Gasteiger partial charge in [0.15, 0.2) is 0 Å². The molecule has 0 fully saturated rings. The van der Waals surface area contributed by atoms with Crippen molar-refractivity contribution in [1.29, 1.82) is 0 Å². The minimum absolute atomic E-state index is 0.142. The predicted octanol–water partition coefficient (Wildman–Crippen LogP) is 4.31. The molecule has 2 N–H and O–H groups in total. The second kappa shape index (κ2) is 11.2. The molecule has 0 atom stereocenters. The van der Waals surface area contributed by atoms with Crippen molar-refractivity contribution in [3.8, 4) is 22.1 Å². The Kier molecular flexibility index (Phi) is 8.03. The highest BCUT2D eigenvalue weighted by molar-refractivity contribution is 7.89. The quantitative estimate of drug-likeness (QED) is 0.310. The van der Waals surface area contributed by atoms with Crippen LogP contribution in [0.25, 0.3) is 11.1 Å². The summed E-state index contributed by atoms with van der Waals surface area (Å²) >= 11 is 7.26. The van der Waals surface area contributed by atoms with Crippen LogP contribution in [-0.4, -0.2) is 43.7 Å². The van der Waals surface area contributed by atoms with E-state index in [2.05, 4.69) is 25.2 Å². The SMILES string of the molecule is CNS(=O)(=O)c1ccc(COc2nnc(NC(=O)c3cnc(C)cc3-c3cc(Cl)ccc3OC)s2)cc1. The number of aromatic nitrogens is 3. The zero-order valence-corrected chi connectivity index (χ0v) is 22.4. The Hall–Kier alpha value is -3.58. The summed E-state index contributed by atoms with van der Waals surface area (Å²) < 4.78 is 37.1. The van der Waals surface area contributed by atoms with E-state index in [-0.39, 0.29) is 21.8 Å². The second-order valence-electron chi connectivity index (χ2n) is 7.68. The minimum atomic E-state index is -3.51. The molecule has 0 saturated heterocycles. The normalized spacial score (nSPS) is 11.2. The van der Waals surface area contributed by atoms with E-state index in [9.17, 15) is 13.2 Å². The molecule has 0 aliphatic carbocycles. The Morgan fingerprint density at radius 1 is 1.08 bits per heavy atom. The number of pyridine rings is 1. The molecule has 2 aromatic carbocycles. The van der Waals surface area contributed by atoms with Crippen molar-refractivity contribution in [3.63, 3.8) is 0 Å². The van der Waals surface area contributed by atoms with Gasteiger partial charge in [0.05, 0.1) is 17.6 Å². The number of carbonyl (C=O) groups excluding carboxylic acids is 1. The largest absolute Gasteiger partial charge is 0.496 e. The highest BCUT2D eigenvalue weighted by Crippen LogP contribution is 2.35. The molecule has 192 valence electrons. The third-order valence-corrected chi connectivity index (χ3v) is 7.65. The number of carbonyl (C=O) groups is 1. The van der Waals surface area contributed by atoms with Crippen molar-refractivity contribution >= 4 is 44.0 Å². The van der Waals surface area contributed by atoms with Crippen LogP contribution >= 0.6 is 22.9 Å². The molecule has 10 nitrogen and oxygen atoms in total. The fourth-order valence-corrected chi connectivity index (χ4v) is 4.86. The first-order chi connectivity index (χ1) is 17.7. The maximum atomic E-state index is 13.1. The summed E-state index contributed by atoms with van der Waals surface area (Å²) in [6.45, 7) is 1.97. The third-order valence-electron chi connectivity index (χ3n) is 5.23. The Morgan fingerprint density at radius 3 is 2.54 bits per heavy atom. The average Bonchev–Trinajstić information content (AvgIpc) is 3.34. The molecular formula is C24H22ClN5O5S2. The molecule has 0 aliphatic heterocycles. The van der Waals surface area contributed by atoms with Crippen molar-refractivity contribution in [2.24, 2.45) is 0 Å². The second-order valence-corrected chi connectivity index (χ2v) is 10.9. The number of anilines is 1. The van der Waals surface area contributed by atoms with Crippen molar-refractivity contribution in [2.75, 3.05) is 19.5 Å². The van der Waals surface area contributed by atoms with Crippen molar-refractivity contribution < 1.29 is 22.7 Å². The van der Waals surface area contributed by atoms with Gasteiger partial charge in [0.25, 0.3) is 11.1 Å². The smallest absolute Gasteiger partial charge is 0.296 e. The van der Waals surface area contributed by atoms with E-state index in [1.165, 1.54) is 25.4 Å². The first-order valence-corrected chi connectivity index (χ1v) is 13.5. The van der Waals surface area contributed by atoms with Gasteiger partial charge < -0.3 is 9.47 Å². The highest BCUT2D eigenvalue weighted by Gasteiger charge is 2.19. The monoisotopic (exact) mass is 559 g/mol. The van der Waals surface area contributed by atoms with Crippen LogP contribution in [0.4, 0.5) is 5.13 Å². The van der Waals surface area contributed by atoms with Gasteiger partial charge in [-0.3, -0.25) is 15.1 Å². The Balaban J connectivity index is 1.48. The maximum Gasteiger partial charge on any atom is 0.296 e. The van der Waals surface area contributed by atoms with E-state index in [1.54, 1.807) is 43.5 Å². The number of aryl methyl sites for hydroxylation is 1. The van der Waals surface area contributed by atoms with Crippen molar-refractivity contribution in [3.05, 3.63) is 76.6 Å². The number of hydrogen-bond acceptors (Lipinski definition) is 9. The van der Waals surface area contributed by atoms with Gasteiger partial charge in [0.2, 0.25) is 15.2 Å². The van der Waals surface area contributed by atoms with Gasteiger partial charge >= 0.3 is 0 Å². The number of hydrogen-bond donors (Lipinski definition) is 2. The first kappa shape index (κ1) is 26.5. The van der Waals surface area contributed by atoms with E-state index in [0.717, 1.165) is 22.6 Å². The molecule has 1 amide bonds. The summed E-state index contributed by atoms with van der Waals surface area (Å²) in [5, 5.41) is 11.6. The van der Waals surface area contributed by atoms with Crippen LogP contribution in [-0.2, 0) is 16.6 Å². The molecule has 0 bridgehead atoms. The van der Waals surface area contributed by atoms with Gasteiger partial charge in [-0.2, -0.15) is 0 Å². The van der Waals surface area contributed by atoms with E-state index in [0.29, 0.717) is 27.5 Å². The van der Waals surface area contributed by atoms with Gasteiger partial charge in [-0.05, 0) is 67.3 Å². The van der Waals surface area contributed by atoms with Crippen LogP contribution in [0.15, 0.2) is 59.6 Å². The van der Waals surface area contributed by atoms with Gasteiger partial charge in [-0.15, -0.1) is 5.10 Å². The van der Waals surface area contributed by atoms with Gasteiger partial charge in [-0.1, -0.05) is 28.8 Å². The van der Waals surface area contributed by atoms with E-state index in [1.807, 2.05) is 6.92 Å². The lowest BCUT2D eigenvalue weighted by molar-refractivity contribution is 0.102. The van der Waals surface area contributed by atoms with Crippen molar-refractivity contribution in [2.45, 2.75) is 18.4 Å². The molecule has 0 saturated carbocycles. The Labute approximate surface area is 222 Å². The Bertz CT molecular complexity index is 1540. The van der Waals surface area contributed by atoms with Crippen LogP contribution in [0.5, 0.6) is 10.9 Å². The Morgan fingerprint density at radius 2 is 1.84 bits per heavy atom. The summed E-state index contributed by atoms with van der Waals surface area (Å²) in [5.41, 5.74) is 3.02. The van der Waals surface area contributed by atoms with Crippen molar-refractivity contribution in [1.82, 2.24) is 19.9 Å². The van der Waals surface area contributed by atoms with Gasteiger partial charge in [-0.25, -0.2) is 13.1 Å². The molecule has 0 spiro atoms. The average molecular weight is 560 g/mol. The lowest BCUT2D eigenvalue weighted by Crippen LogP contribution is -2.18. The van der Waals surface area contributed by atoms with E-state index in [4.69, 9.17) is 21.1 Å². The number of halogens is 1. The summed E-state index contributed by atoms with van der Waals surface area (Å²) in [5.74, 6) is 0.126. The van der Waals surface area contributed by atoms with Crippen LogP contribution in [0.1, 0.15) is 21.6 Å². The lowest BCUT2D eigenvalue weighted by Gasteiger charge is -2.13. The lowest BCUT2D eigenvalue weighted by atomic mass is 9.99. The molecule has 13 heteroatoms. The third kappa shape index (κ3) is 6.23. The number of nitrogens with one attached hydrogen (secondary N) is 2. The molecule has 4 rings (SSSR count). The van der Waals surface area contributed by atoms with E-state index >= 15 is 0 Å². The summed E-state index contributed by atoms with van der Waals surface area (Å²) in [4.78, 5) is 17.6. The number of benzene rings is 2. The molecular weight excluding hydrogens is 538 g/mol. The molecule has 0 radical (unpaired) electrons. The van der Waals surface area contributed by atoms with Crippen LogP contribution < -0.4 is 19.5 Å². The molecule has 2 heterocycles. The molecule has 0 unspecified atom stereocenters. The summed E-state index contributed by atoms with van der Waals surface area (Å²) in [7, 11) is -0.619. The zero-order valence-electron chi connectivity index (χ0n) is 20.0. The summed E-state index contributed by atoms with van der Waals surface area (Å²) in [6, 6.07) is 13.2. The maximum absolute atomic E-state index is 13.1.